The van der Waals surface area contributed by atoms with Gasteiger partial charge in [0.2, 0.25) is 0 Å². The van der Waals surface area contributed by atoms with Crippen LogP contribution in [0.4, 0.5) is 14.4 Å². The number of amides is 2. The molecule has 3 aliphatic rings. The van der Waals surface area contributed by atoms with E-state index < -0.39 is 47.0 Å². The molecule has 1 aromatic rings. The van der Waals surface area contributed by atoms with Crippen molar-refractivity contribution in [1.82, 2.24) is 24.3 Å². The van der Waals surface area contributed by atoms with Crippen molar-refractivity contribution < 1.29 is 38.1 Å². The third-order valence-corrected chi connectivity index (χ3v) is 9.36. The number of likely N-dealkylation sites (tertiary alicyclic amines) is 2. The Morgan fingerprint density at radius 2 is 1.45 bits per heavy atom. The highest BCUT2D eigenvalue weighted by atomic mass is 16.7. The first kappa shape index (κ1) is 40.2. The number of H-pyrrole nitrogens is 1. The van der Waals surface area contributed by atoms with E-state index in [0.29, 0.717) is 44.7 Å². The summed E-state index contributed by atoms with van der Waals surface area (Å²) in [5.41, 5.74) is -1.95. The topological polar surface area (TPSA) is 162 Å². The van der Waals surface area contributed by atoms with Crippen molar-refractivity contribution in [3.8, 4) is 0 Å². The molecule has 0 spiro atoms. The number of aromatic amines is 1. The van der Waals surface area contributed by atoms with Crippen molar-refractivity contribution in [2.24, 2.45) is 0 Å². The van der Waals surface area contributed by atoms with E-state index in [2.05, 4.69) is 9.88 Å². The number of nitrogens with zero attached hydrogens (tertiary/aromatic N) is 4. The zero-order valence-electron chi connectivity index (χ0n) is 31.7. The fraction of sp³-hybridized carbons (Fsp3) is 0.806. The van der Waals surface area contributed by atoms with Gasteiger partial charge in [0.1, 0.15) is 30.1 Å². The van der Waals surface area contributed by atoms with Crippen molar-refractivity contribution in [2.75, 3.05) is 39.3 Å². The number of aryl methyl sites for hydroxylation is 1. The van der Waals surface area contributed by atoms with E-state index in [9.17, 15) is 24.0 Å². The SMILES string of the molecule is CC[C@H]1O[C@@H](n2cc(C)c(=O)[nH]c2=O)CC1OC(=O)OCCN(CC1CCCCN1C(=O)OC(C)(C)C)CC1CCCCN1C(=O)OC(C)(C)C. The lowest BCUT2D eigenvalue weighted by Gasteiger charge is -2.42. The lowest BCUT2D eigenvalue weighted by atomic mass is 9.99. The van der Waals surface area contributed by atoms with Crippen LogP contribution in [0.2, 0.25) is 0 Å². The molecule has 1 N–H and O–H groups in total. The fourth-order valence-corrected chi connectivity index (χ4v) is 6.93. The zero-order chi connectivity index (χ0) is 37.5. The predicted molar refractivity (Wildman–Crippen MR) is 189 cm³/mol. The van der Waals surface area contributed by atoms with Gasteiger partial charge in [0.15, 0.2) is 0 Å². The van der Waals surface area contributed by atoms with Crippen molar-refractivity contribution in [2.45, 2.75) is 148 Å². The molecular weight excluding hydrogens is 662 g/mol. The van der Waals surface area contributed by atoms with Crippen LogP contribution in [-0.2, 0) is 23.7 Å². The van der Waals surface area contributed by atoms with Crippen LogP contribution in [0, 0.1) is 6.92 Å². The third kappa shape index (κ3) is 11.7. The smallest absolute Gasteiger partial charge is 0.444 e. The van der Waals surface area contributed by atoms with Gasteiger partial charge in [0, 0.05) is 63.0 Å². The van der Waals surface area contributed by atoms with E-state index >= 15 is 0 Å². The van der Waals surface area contributed by atoms with Crippen LogP contribution in [0.1, 0.15) is 112 Å². The molecule has 15 nitrogen and oxygen atoms in total. The summed E-state index contributed by atoms with van der Waals surface area (Å²) >= 11 is 0. The van der Waals surface area contributed by atoms with Gasteiger partial charge in [-0.1, -0.05) is 6.92 Å². The fourth-order valence-electron chi connectivity index (χ4n) is 6.93. The van der Waals surface area contributed by atoms with Crippen LogP contribution < -0.4 is 11.2 Å². The number of aromatic nitrogens is 2. The van der Waals surface area contributed by atoms with Gasteiger partial charge < -0.3 is 33.5 Å². The molecule has 4 heterocycles. The Kier molecular flexibility index (Phi) is 13.6. The Balaban J connectivity index is 1.43. The van der Waals surface area contributed by atoms with E-state index in [-0.39, 0.29) is 37.3 Å². The minimum Gasteiger partial charge on any atom is -0.444 e. The second-order valence-corrected chi connectivity index (χ2v) is 15.9. The van der Waals surface area contributed by atoms with Crippen LogP contribution in [0.3, 0.4) is 0 Å². The van der Waals surface area contributed by atoms with Crippen LogP contribution >= 0.6 is 0 Å². The highest BCUT2D eigenvalue weighted by Crippen LogP contribution is 2.32. The maximum Gasteiger partial charge on any atom is 0.508 e. The first-order valence-electron chi connectivity index (χ1n) is 18.5. The molecular formula is C36H59N5O10. The average Bonchev–Trinajstić information content (AvgIpc) is 3.43. The number of hydrogen-bond donors (Lipinski definition) is 1. The largest absolute Gasteiger partial charge is 0.508 e. The van der Waals surface area contributed by atoms with Crippen molar-refractivity contribution in [3.05, 3.63) is 32.6 Å². The van der Waals surface area contributed by atoms with E-state index in [1.54, 1.807) is 16.7 Å². The van der Waals surface area contributed by atoms with E-state index in [1.807, 2.05) is 48.5 Å². The van der Waals surface area contributed by atoms with Gasteiger partial charge in [-0.3, -0.25) is 19.2 Å². The average molecular weight is 722 g/mol. The number of hydrogen-bond acceptors (Lipinski definition) is 11. The first-order chi connectivity index (χ1) is 23.9. The summed E-state index contributed by atoms with van der Waals surface area (Å²) in [4.78, 5) is 71.9. The quantitative estimate of drug-likeness (QED) is 0.257. The third-order valence-electron chi connectivity index (χ3n) is 9.36. The number of piperidine rings is 2. The Labute approximate surface area is 300 Å². The molecule has 15 heteroatoms. The van der Waals surface area contributed by atoms with Crippen molar-refractivity contribution in [1.29, 1.82) is 0 Å². The van der Waals surface area contributed by atoms with Crippen molar-refractivity contribution in [3.63, 3.8) is 0 Å². The molecule has 1 aromatic heterocycles. The summed E-state index contributed by atoms with van der Waals surface area (Å²) < 4.78 is 30.1. The van der Waals surface area contributed by atoms with Crippen LogP contribution in [0.25, 0.3) is 0 Å². The Morgan fingerprint density at radius 1 is 0.902 bits per heavy atom. The number of carbonyl (C=O) groups excluding carboxylic acids is 3. The summed E-state index contributed by atoms with van der Waals surface area (Å²) in [5, 5.41) is 0. The minimum atomic E-state index is -0.853. The second-order valence-electron chi connectivity index (χ2n) is 15.9. The number of ether oxygens (including phenoxy) is 5. The molecule has 288 valence electrons. The summed E-state index contributed by atoms with van der Waals surface area (Å²) in [6.07, 6.45) is 4.16. The van der Waals surface area contributed by atoms with Gasteiger partial charge >= 0.3 is 24.0 Å². The lowest BCUT2D eigenvalue weighted by Crippen LogP contribution is -2.55. The van der Waals surface area contributed by atoms with Crippen LogP contribution in [-0.4, -0.2) is 117 Å². The summed E-state index contributed by atoms with van der Waals surface area (Å²) in [7, 11) is 0. The molecule has 5 atom stereocenters. The molecule has 2 amide bonds. The van der Waals surface area contributed by atoms with Gasteiger partial charge in [-0.05, 0) is 93.4 Å². The zero-order valence-corrected chi connectivity index (χ0v) is 31.7. The van der Waals surface area contributed by atoms with Gasteiger partial charge in [-0.25, -0.2) is 19.2 Å². The van der Waals surface area contributed by atoms with Gasteiger partial charge in [-0.2, -0.15) is 0 Å². The summed E-state index contributed by atoms with van der Waals surface area (Å²) in [6.45, 7) is 17.2. The van der Waals surface area contributed by atoms with Gasteiger partial charge in [0.25, 0.3) is 5.56 Å². The normalized spacial score (nSPS) is 24.4. The first-order valence-corrected chi connectivity index (χ1v) is 18.5. The lowest BCUT2D eigenvalue weighted by molar-refractivity contribution is -0.0390. The van der Waals surface area contributed by atoms with Gasteiger partial charge in [-0.15, -0.1) is 0 Å². The molecule has 51 heavy (non-hydrogen) atoms. The number of nitrogens with one attached hydrogen (secondary N) is 1. The van der Waals surface area contributed by atoms with Crippen LogP contribution in [0.5, 0.6) is 0 Å². The Bertz CT molecular complexity index is 1410. The monoisotopic (exact) mass is 721 g/mol. The molecule has 3 saturated heterocycles. The molecule has 3 fully saturated rings. The molecule has 3 unspecified atom stereocenters. The maximum atomic E-state index is 13.2. The molecule has 0 radical (unpaired) electrons. The molecule has 4 rings (SSSR count). The van der Waals surface area contributed by atoms with Gasteiger partial charge in [0.05, 0.1) is 6.10 Å². The highest BCUT2D eigenvalue weighted by molar-refractivity contribution is 5.69. The molecule has 3 aliphatic heterocycles. The maximum absolute atomic E-state index is 13.2. The predicted octanol–water partition coefficient (Wildman–Crippen LogP) is 4.95. The number of carbonyl (C=O) groups is 3. The molecule has 0 aliphatic carbocycles. The number of rotatable bonds is 10. The van der Waals surface area contributed by atoms with E-state index in [0.717, 1.165) is 38.5 Å². The van der Waals surface area contributed by atoms with Crippen molar-refractivity contribution >= 4 is 18.3 Å². The summed E-state index contributed by atoms with van der Waals surface area (Å²) in [6, 6.07) is -0.228. The Hall–Kier alpha value is -3.59. The standard InChI is InChI=1S/C36H59N5O10/c1-9-27-28(20-29(48-27)41-21-24(2)30(42)37-31(41)43)49-34(46)47-19-18-38(22-25-14-10-12-16-39(25)32(44)50-35(3,4)5)23-26-15-11-13-17-40(26)33(45)51-36(6,7)8/h21,25-29H,9-20,22-23H2,1-8H3,(H,37,42,43)/t25?,26?,27-,28?,29-/m1/s1. The molecule has 0 saturated carbocycles. The molecule has 0 aromatic carbocycles. The highest BCUT2D eigenvalue weighted by Gasteiger charge is 2.39. The van der Waals surface area contributed by atoms with Crippen LogP contribution in [0.15, 0.2) is 15.8 Å². The second kappa shape index (κ2) is 17.3. The minimum absolute atomic E-state index is 0.0174. The summed E-state index contributed by atoms with van der Waals surface area (Å²) in [5.74, 6) is 0. The van der Waals surface area contributed by atoms with E-state index in [4.69, 9.17) is 23.7 Å². The van der Waals surface area contributed by atoms with E-state index in [1.165, 1.54) is 10.8 Å². The Morgan fingerprint density at radius 3 is 1.96 bits per heavy atom. The molecule has 0 bridgehead atoms.